The monoisotopic (exact) mass is 446 g/mol. The quantitative estimate of drug-likeness (QED) is 0.441. The number of nitrogens with zero attached hydrogens (tertiary/aromatic N) is 5. The number of methoxy groups -OCH3 is 1. The number of carbonyl (C=O) groups excluding carboxylic acids is 1. The highest BCUT2D eigenvalue weighted by molar-refractivity contribution is 5.91. The third kappa shape index (κ3) is 4.77. The highest BCUT2D eigenvalue weighted by atomic mass is 16.5. The molecule has 4 heterocycles. The van der Waals surface area contributed by atoms with Gasteiger partial charge in [0.1, 0.15) is 6.61 Å². The standard InChI is InChI=1S/C24H26N6O3/c1-15-18(16(2)27-23-21(15)24(32-4)29-30(23)3)7-8-20(31)28-22-19(6-5-11-26-22)33-14-17-9-12-25-13-10-17/h5-6,9-13H,7-8,14H2,1-4H3,(H,26,28,31). The summed E-state index contributed by atoms with van der Waals surface area (Å²) in [4.78, 5) is 25.7. The van der Waals surface area contributed by atoms with E-state index in [1.165, 1.54) is 0 Å². The molecule has 33 heavy (non-hydrogen) atoms. The summed E-state index contributed by atoms with van der Waals surface area (Å²) in [6, 6.07) is 7.31. The van der Waals surface area contributed by atoms with E-state index in [9.17, 15) is 4.79 Å². The normalized spacial score (nSPS) is 10.9. The Hall–Kier alpha value is -4.01. The Morgan fingerprint density at radius 3 is 2.70 bits per heavy atom. The second-order valence-electron chi connectivity index (χ2n) is 7.67. The highest BCUT2D eigenvalue weighted by Crippen LogP contribution is 2.30. The summed E-state index contributed by atoms with van der Waals surface area (Å²) in [7, 11) is 3.43. The summed E-state index contributed by atoms with van der Waals surface area (Å²) >= 11 is 0. The lowest BCUT2D eigenvalue weighted by atomic mass is 10.00. The van der Waals surface area contributed by atoms with Crippen LogP contribution < -0.4 is 14.8 Å². The van der Waals surface area contributed by atoms with Crippen LogP contribution in [0.5, 0.6) is 11.6 Å². The molecule has 0 aliphatic carbocycles. The summed E-state index contributed by atoms with van der Waals surface area (Å²) < 4.78 is 13.0. The topological polar surface area (TPSA) is 104 Å². The third-order valence-electron chi connectivity index (χ3n) is 5.49. The largest absolute Gasteiger partial charge is 0.485 e. The molecule has 4 rings (SSSR count). The van der Waals surface area contributed by atoms with Gasteiger partial charge in [0.2, 0.25) is 11.8 Å². The molecular weight excluding hydrogens is 420 g/mol. The van der Waals surface area contributed by atoms with Crippen molar-refractivity contribution in [2.45, 2.75) is 33.3 Å². The number of rotatable bonds is 8. The molecule has 4 aromatic heterocycles. The smallest absolute Gasteiger partial charge is 0.242 e. The molecule has 0 fully saturated rings. The van der Waals surface area contributed by atoms with E-state index in [0.717, 1.165) is 33.4 Å². The van der Waals surface area contributed by atoms with Gasteiger partial charge in [0.05, 0.1) is 12.5 Å². The fourth-order valence-electron chi connectivity index (χ4n) is 3.78. The molecule has 0 aliphatic heterocycles. The van der Waals surface area contributed by atoms with Crippen molar-refractivity contribution < 1.29 is 14.3 Å². The van der Waals surface area contributed by atoms with E-state index in [1.54, 1.807) is 42.5 Å². The van der Waals surface area contributed by atoms with Gasteiger partial charge in [-0.3, -0.25) is 9.78 Å². The maximum atomic E-state index is 12.7. The lowest BCUT2D eigenvalue weighted by molar-refractivity contribution is -0.116. The summed E-state index contributed by atoms with van der Waals surface area (Å²) in [5.41, 5.74) is 4.65. The average molecular weight is 447 g/mol. The molecule has 170 valence electrons. The molecule has 0 aromatic carbocycles. The zero-order valence-corrected chi connectivity index (χ0v) is 19.1. The summed E-state index contributed by atoms with van der Waals surface area (Å²) in [5.74, 6) is 1.29. The van der Waals surface area contributed by atoms with Crippen molar-refractivity contribution >= 4 is 22.8 Å². The maximum Gasteiger partial charge on any atom is 0.242 e. The van der Waals surface area contributed by atoms with Crippen molar-refractivity contribution in [3.05, 3.63) is 65.2 Å². The number of aromatic nitrogens is 5. The third-order valence-corrected chi connectivity index (χ3v) is 5.49. The Bertz CT molecular complexity index is 1290. The first-order valence-corrected chi connectivity index (χ1v) is 10.6. The van der Waals surface area contributed by atoms with Gasteiger partial charge in [0.25, 0.3) is 0 Å². The Balaban J connectivity index is 1.46. The predicted octanol–water partition coefficient (Wildman–Crippen LogP) is 3.53. The fraction of sp³-hybridized carbons (Fsp3) is 0.292. The lowest BCUT2D eigenvalue weighted by Crippen LogP contribution is -2.15. The van der Waals surface area contributed by atoms with E-state index in [0.29, 0.717) is 30.5 Å². The number of anilines is 1. The van der Waals surface area contributed by atoms with Crippen LogP contribution in [-0.4, -0.2) is 37.7 Å². The number of pyridine rings is 3. The number of hydrogen-bond acceptors (Lipinski definition) is 7. The van der Waals surface area contributed by atoms with Crippen LogP contribution in [0.1, 0.15) is 28.8 Å². The molecule has 0 spiro atoms. The van der Waals surface area contributed by atoms with Crippen molar-refractivity contribution in [2.75, 3.05) is 12.4 Å². The van der Waals surface area contributed by atoms with Crippen molar-refractivity contribution in [2.24, 2.45) is 7.05 Å². The lowest BCUT2D eigenvalue weighted by Gasteiger charge is -2.13. The average Bonchev–Trinajstić information content (AvgIpc) is 3.14. The van der Waals surface area contributed by atoms with Crippen LogP contribution in [0.2, 0.25) is 0 Å². The minimum Gasteiger partial charge on any atom is -0.485 e. The van der Waals surface area contributed by atoms with E-state index in [4.69, 9.17) is 9.47 Å². The molecule has 9 nitrogen and oxygen atoms in total. The number of carbonyl (C=O) groups is 1. The number of aryl methyl sites for hydroxylation is 3. The predicted molar refractivity (Wildman–Crippen MR) is 124 cm³/mol. The van der Waals surface area contributed by atoms with Crippen LogP contribution in [0.3, 0.4) is 0 Å². The Kier molecular flexibility index (Phi) is 6.48. The molecule has 9 heteroatoms. The second-order valence-corrected chi connectivity index (χ2v) is 7.67. The van der Waals surface area contributed by atoms with E-state index < -0.39 is 0 Å². The van der Waals surface area contributed by atoms with Gasteiger partial charge in [-0.15, -0.1) is 5.10 Å². The van der Waals surface area contributed by atoms with Crippen molar-refractivity contribution in [1.29, 1.82) is 0 Å². The molecule has 0 saturated heterocycles. The van der Waals surface area contributed by atoms with E-state index in [2.05, 4.69) is 25.4 Å². The zero-order valence-electron chi connectivity index (χ0n) is 19.1. The molecule has 1 N–H and O–H groups in total. The zero-order chi connectivity index (χ0) is 23.4. The molecule has 0 bridgehead atoms. The van der Waals surface area contributed by atoms with Gasteiger partial charge >= 0.3 is 0 Å². The number of nitrogens with one attached hydrogen (secondary N) is 1. The van der Waals surface area contributed by atoms with Crippen LogP contribution >= 0.6 is 0 Å². The van der Waals surface area contributed by atoms with Crippen LogP contribution in [-0.2, 0) is 24.9 Å². The second kappa shape index (κ2) is 9.64. The van der Waals surface area contributed by atoms with Gasteiger partial charge in [-0.2, -0.15) is 0 Å². The molecule has 0 saturated carbocycles. The minimum absolute atomic E-state index is 0.153. The van der Waals surface area contributed by atoms with Gasteiger partial charge < -0.3 is 14.8 Å². The van der Waals surface area contributed by atoms with Crippen LogP contribution in [0.15, 0.2) is 42.9 Å². The molecule has 0 radical (unpaired) electrons. The van der Waals surface area contributed by atoms with Gasteiger partial charge in [-0.1, -0.05) is 0 Å². The van der Waals surface area contributed by atoms with Gasteiger partial charge in [-0.05, 0) is 61.2 Å². The van der Waals surface area contributed by atoms with E-state index in [-0.39, 0.29) is 12.3 Å². The Morgan fingerprint density at radius 2 is 1.94 bits per heavy atom. The number of ether oxygens (including phenoxy) is 2. The molecular formula is C24H26N6O3. The molecule has 0 unspecified atom stereocenters. The highest BCUT2D eigenvalue weighted by Gasteiger charge is 2.19. The first-order chi connectivity index (χ1) is 16.0. The maximum absolute atomic E-state index is 12.7. The Labute approximate surface area is 191 Å². The molecule has 0 atom stereocenters. The van der Waals surface area contributed by atoms with Gasteiger partial charge in [-0.25, -0.2) is 14.6 Å². The van der Waals surface area contributed by atoms with E-state index >= 15 is 0 Å². The number of amides is 1. The van der Waals surface area contributed by atoms with Crippen LogP contribution in [0, 0.1) is 13.8 Å². The SMILES string of the molecule is COc1nn(C)c2nc(C)c(CCC(=O)Nc3ncccc3OCc3ccncc3)c(C)c12. The number of fused-ring (bicyclic) bond motifs is 1. The Morgan fingerprint density at radius 1 is 1.15 bits per heavy atom. The van der Waals surface area contributed by atoms with Crippen molar-refractivity contribution in [3.63, 3.8) is 0 Å². The fourth-order valence-corrected chi connectivity index (χ4v) is 3.78. The minimum atomic E-state index is -0.153. The van der Waals surface area contributed by atoms with Crippen molar-refractivity contribution in [1.82, 2.24) is 24.7 Å². The van der Waals surface area contributed by atoms with Gasteiger partial charge in [0, 0.05) is 37.8 Å². The summed E-state index contributed by atoms with van der Waals surface area (Å²) in [6.45, 7) is 4.31. The van der Waals surface area contributed by atoms with E-state index in [1.807, 2.05) is 33.0 Å². The molecule has 0 aliphatic rings. The number of hydrogen-bond donors (Lipinski definition) is 1. The van der Waals surface area contributed by atoms with Crippen LogP contribution in [0.25, 0.3) is 11.0 Å². The van der Waals surface area contributed by atoms with Gasteiger partial charge in [0.15, 0.2) is 17.2 Å². The first-order valence-electron chi connectivity index (χ1n) is 10.6. The van der Waals surface area contributed by atoms with Crippen molar-refractivity contribution in [3.8, 4) is 11.6 Å². The summed E-state index contributed by atoms with van der Waals surface area (Å²) in [5, 5.41) is 8.12. The molecule has 1 amide bonds. The molecule has 4 aromatic rings. The van der Waals surface area contributed by atoms with Crippen LogP contribution in [0.4, 0.5) is 5.82 Å². The summed E-state index contributed by atoms with van der Waals surface area (Å²) in [6.07, 6.45) is 5.85. The first kappa shape index (κ1) is 22.2.